The molecule has 0 aliphatic heterocycles. The molecular formula is C22H16O6S. The second-order valence-corrected chi connectivity index (χ2v) is 8.17. The van der Waals surface area contributed by atoms with Crippen LogP contribution in [-0.2, 0) is 19.2 Å². The van der Waals surface area contributed by atoms with Crippen molar-refractivity contribution in [2.24, 2.45) is 11.8 Å². The summed E-state index contributed by atoms with van der Waals surface area (Å²) in [7, 11) is 0. The van der Waals surface area contributed by atoms with Crippen LogP contribution in [0.15, 0.2) is 29.0 Å². The van der Waals surface area contributed by atoms with E-state index in [0.717, 1.165) is 16.7 Å². The zero-order valence-electron chi connectivity index (χ0n) is 15.3. The smallest absolute Gasteiger partial charge is 0.264 e. The van der Waals surface area contributed by atoms with Gasteiger partial charge in [0.05, 0.1) is 0 Å². The fourth-order valence-electron chi connectivity index (χ4n) is 4.49. The Morgan fingerprint density at radius 2 is 1.76 bits per heavy atom. The molecule has 29 heavy (non-hydrogen) atoms. The van der Waals surface area contributed by atoms with Crippen LogP contribution < -0.4 is 0 Å². The summed E-state index contributed by atoms with van der Waals surface area (Å²) in [6, 6.07) is 4.73. The SMILES string of the molecule is O=CC(=O)c1ccc(-c2cscc2C2CCC3C(=O)C(=O)C(=O)C3C2)cc1C=O. The number of Topliss-reactive ketones (excluding diaryl/α,β-unsaturated/α-hetero) is 4. The number of rotatable bonds is 5. The van der Waals surface area contributed by atoms with Gasteiger partial charge in [-0.3, -0.25) is 28.8 Å². The number of carbonyl (C=O) groups is 6. The molecule has 0 amide bonds. The molecule has 4 rings (SSSR count). The Morgan fingerprint density at radius 3 is 2.48 bits per heavy atom. The molecule has 2 aromatic rings. The molecule has 0 radical (unpaired) electrons. The number of fused-ring (bicyclic) bond motifs is 1. The second-order valence-electron chi connectivity index (χ2n) is 7.42. The molecule has 0 spiro atoms. The third kappa shape index (κ3) is 3.11. The van der Waals surface area contributed by atoms with Crippen molar-refractivity contribution in [2.75, 3.05) is 0 Å². The van der Waals surface area contributed by atoms with Crippen molar-refractivity contribution in [1.29, 1.82) is 0 Å². The predicted molar refractivity (Wildman–Crippen MR) is 104 cm³/mol. The van der Waals surface area contributed by atoms with Crippen molar-refractivity contribution < 1.29 is 28.8 Å². The van der Waals surface area contributed by atoms with E-state index in [1.54, 1.807) is 12.1 Å². The summed E-state index contributed by atoms with van der Waals surface area (Å²) in [4.78, 5) is 69.7. The van der Waals surface area contributed by atoms with Crippen molar-refractivity contribution in [2.45, 2.75) is 25.2 Å². The summed E-state index contributed by atoms with van der Waals surface area (Å²) in [6.07, 6.45) is 2.38. The molecule has 2 saturated carbocycles. The van der Waals surface area contributed by atoms with Crippen molar-refractivity contribution in [3.05, 3.63) is 45.6 Å². The molecule has 2 aliphatic rings. The third-order valence-electron chi connectivity index (χ3n) is 5.97. The molecule has 6 nitrogen and oxygen atoms in total. The first-order chi connectivity index (χ1) is 14.0. The Balaban J connectivity index is 1.66. The topological polar surface area (TPSA) is 102 Å². The Hall–Kier alpha value is -3.06. The first kappa shape index (κ1) is 19.3. The Labute approximate surface area is 169 Å². The summed E-state index contributed by atoms with van der Waals surface area (Å²) in [6.45, 7) is 0. The highest BCUT2D eigenvalue weighted by atomic mass is 32.1. The highest BCUT2D eigenvalue weighted by Crippen LogP contribution is 2.46. The normalized spacial score (nSPS) is 23.7. The molecule has 2 fully saturated rings. The van der Waals surface area contributed by atoms with E-state index >= 15 is 0 Å². The van der Waals surface area contributed by atoms with E-state index in [2.05, 4.69) is 0 Å². The van der Waals surface area contributed by atoms with Gasteiger partial charge >= 0.3 is 0 Å². The van der Waals surface area contributed by atoms with Crippen LogP contribution in [0.2, 0.25) is 0 Å². The van der Waals surface area contributed by atoms with Crippen LogP contribution >= 0.6 is 11.3 Å². The molecule has 1 aromatic carbocycles. The number of ketones is 4. The van der Waals surface area contributed by atoms with Gasteiger partial charge in [-0.15, -0.1) is 0 Å². The minimum atomic E-state index is -0.864. The highest BCUT2D eigenvalue weighted by molar-refractivity contribution is 7.08. The first-order valence-corrected chi connectivity index (χ1v) is 10.2. The Bertz CT molecular complexity index is 1080. The molecule has 0 saturated heterocycles. The van der Waals surface area contributed by atoms with Gasteiger partial charge in [0, 0.05) is 23.0 Å². The second kappa shape index (κ2) is 7.40. The van der Waals surface area contributed by atoms with Crippen LogP contribution in [-0.4, -0.2) is 35.7 Å². The molecule has 1 aromatic heterocycles. The van der Waals surface area contributed by atoms with Crippen molar-refractivity contribution >= 4 is 47.0 Å². The van der Waals surface area contributed by atoms with Gasteiger partial charge in [-0.25, -0.2) is 0 Å². The highest BCUT2D eigenvalue weighted by Gasteiger charge is 2.51. The molecule has 0 N–H and O–H groups in total. The molecule has 3 atom stereocenters. The third-order valence-corrected chi connectivity index (χ3v) is 6.73. The summed E-state index contributed by atoms with van der Waals surface area (Å²) >= 11 is 1.48. The van der Waals surface area contributed by atoms with Crippen LogP contribution in [0.1, 0.15) is 51.5 Å². The van der Waals surface area contributed by atoms with Gasteiger partial charge in [-0.2, -0.15) is 11.3 Å². The van der Waals surface area contributed by atoms with E-state index in [1.807, 2.05) is 10.8 Å². The van der Waals surface area contributed by atoms with Crippen molar-refractivity contribution in [1.82, 2.24) is 0 Å². The van der Waals surface area contributed by atoms with E-state index in [0.29, 0.717) is 25.5 Å². The average molecular weight is 408 g/mol. The summed E-state index contributed by atoms with van der Waals surface area (Å²) in [5.41, 5.74) is 2.82. The number of aldehydes is 2. The van der Waals surface area contributed by atoms with E-state index in [9.17, 15) is 28.8 Å². The minimum Gasteiger partial charge on any atom is -0.298 e. The van der Waals surface area contributed by atoms with Gasteiger partial charge in [-0.1, -0.05) is 6.07 Å². The summed E-state index contributed by atoms with van der Waals surface area (Å²) in [5, 5.41) is 3.91. The van der Waals surface area contributed by atoms with Crippen molar-refractivity contribution in [3.8, 4) is 11.1 Å². The first-order valence-electron chi connectivity index (χ1n) is 9.23. The molecule has 2 aliphatic carbocycles. The molecular weight excluding hydrogens is 392 g/mol. The molecule has 1 heterocycles. The van der Waals surface area contributed by atoms with Gasteiger partial charge in [-0.05, 0) is 64.8 Å². The van der Waals surface area contributed by atoms with Gasteiger partial charge in [0.1, 0.15) is 0 Å². The fraction of sp³-hybridized carbons (Fsp3) is 0.273. The van der Waals surface area contributed by atoms with E-state index < -0.39 is 35.0 Å². The molecule has 0 bridgehead atoms. The zero-order valence-corrected chi connectivity index (χ0v) is 16.1. The van der Waals surface area contributed by atoms with Crippen molar-refractivity contribution in [3.63, 3.8) is 0 Å². The Kier molecular flexibility index (Phi) is 4.92. The predicted octanol–water partition coefficient (Wildman–Crippen LogP) is 2.83. The van der Waals surface area contributed by atoms with Crippen LogP contribution in [0.4, 0.5) is 0 Å². The largest absolute Gasteiger partial charge is 0.298 e. The van der Waals surface area contributed by atoms with Crippen LogP contribution in [0.25, 0.3) is 11.1 Å². The number of hydrogen-bond acceptors (Lipinski definition) is 7. The summed E-state index contributed by atoms with van der Waals surface area (Å²) in [5.74, 6) is -3.73. The van der Waals surface area contributed by atoms with Gasteiger partial charge in [0.2, 0.25) is 17.3 Å². The van der Waals surface area contributed by atoms with E-state index in [-0.39, 0.29) is 23.3 Å². The number of thiophene rings is 1. The van der Waals surface area contributed by atoms with E-state index in [4.69, 9.17) is 0 Å². The fourth-order valence-corrected chi connectivity index (χ4v) is 5.43. The standard InChI is InChI=1S/C22H16O6S/c23-7-13-5-11(1-3-14(13)19(25)8-24)17-9-29-10-18(17)12-2-4-15-16(6-12)21(27)22(28)20(15)26/h1,3,5,7-10,12,15-16H,2,4,6H2. The van der Waals surface area contributed by atoms with Crippen LogP contribution in [0, 0.1) is 11.8 Å². The lowest BCUT2D eigenvalue weighted by atomic mass is 9.72. The van der Waals surface area contributed by atoms with Gasteiger partial charge < -0.3 is 0 Å². The number of benzene rings is 1. The lowest BCUT2D eigenvalue weighted by molar-refractivity contribution is -0.141. The average Bonchev–Trinajstić information content (AvgIpc) is 3.32. The van der Waals surface area contributed by atoms with Crippen LogP contribution in [0.3, 0.4) is 0 Å². The lowest BCUT2D eigenvalue weighted by Crippen LogP contribution is -2.26. The maximum atomic E-state index is 12.2. The number of carbonyl (C=O) groups excluding carboxylic acids is 6. The Morgan fingerprint density at radius 1 is 1.00 bits per heavy atom. The van der Waals surface area contributed by atoms with Gasteiger partial charge in [0.25, 0.3) is 5.78 Å². The monoisotopic (exact) mass is 408 g/mol. The maximum Gasteiger partial charge on any atom is 0.264 e. The molecule has 7 heteroatoms. The molecule has 146 valence electrons. The summed E-state index contributed by atoms with van der Waals surface area (Å²) < 4.78 is 0. The van der Waals surface area contributed by atoms with Gasteiger partial charge in [0.15, 0.2) is 12.6 Å². The van der Waals surface area contributed by atoms with E-state index in [1.165, 1.54) is 17.4 Å². The number of hydrogen-bond donors (Lipinski definition) is 0. The maximum absolute atomic E-state index is 12.2. The minimum absolute atomic E-state index is 0.0242. The van der Waals surface area contributed by atoms with Crippen LogP contribution in [0.5, 0.6) is 0 Å². The quantitative estimate of drug-likeness (QED) is 0.428. The lowest BCUT2D eigenvalue weighted by Gasteiger charge is -2.29. The zero-order chi connectivity index (χ0) is 20.7. The molecule has 3 unspecified atom stereocenters.